The van der Waals surface area contributed by atoms with Crippen molar-refractivity contribution < 1.29 is 9.53 Å². The summed E-state index contributed by atoms with van der Waals surface area (Å²) in [5, 5.41) is 8.05. The maximum atomic E-state index is 11.8. The van der Waals surface area contributed by atoms with Gasteiger partial charge in [0.15, 0.2) is 5.17 Å². The van der Waals surface area contributed by atoms with Gasteiger partial charge in [-0.25, -0.2) is 4.79 Å². The molecule has 0 aliphatic heterocycles. The third-order valence-corrected chi connectivity index (χ3v) is 3.29. The third kappa shape index (κ3) is 3.30. The van der Waals surface area contributed by atoms with Crippen LogP contribution in [0.4, 0.5) is 0 Å². The number of carbonyl (C=O) groups excluding carboxylic acids is 1. The largest absolute Gasteiger partial charge is 0.465 e. The molecule has 0 bridgehead atoms. The molecule has 0 saturated carbocycles. The van der Waals surface area contributed by atoms with Crippen LogP contribution in [-0.2, 0) is 10.5 Å². The second kappa shape index (κ2) is 6.63. The first-order valence-electron chi connectivity index (χ1n) is 5.28. The Balaban J connectivity index is 0.00000180. The van der Waals surface area contributed by atoms with Gasteiger partial charge in [0.05, 0.1) is 12.7 Å². The molecule has 1 aromatic heterocycles. The number of hydrogen-bond acceptors (Lipinski definition) is 4. The number of thioether (sulfide) groups is 1. The molecule has 2 rings (SSSR count). The predicted octanol–water partition coefficient (Wildman–Crippen LogP) is 2.66. The van der Waals surface area contributed by atoms with Crippen LogP contribution in [0.1, 0.15) is 16.1 Å². The zero-order valence-corrected chi connectivity index (χ0v) is 12.8. The van der Waals surface area contributed by atoms with Gasteiger partial charge >= 0.3 is 5.97 Å². The first-order valence-corrected chi connectivity index (χ1v) is 6.26. The Kier molecular flexibility index (Phi) is 5.44. The van der Waals surface area contributed by atoms with Gasteiger partial charge in [-0.2, -0.15) is 0 Å². The first kappa shape index (κ1) is 15.6. The van der Waals surface area contributed by atoms with Crippen molar-refractivity contribution in [2.75, 3.05) is 7.11 Å². The predicted molar refractivity (Wildman–Crippen MR) is 83.2 cm³/mol. The number of methoxy groups -OCH3 is 1. The lowest BCUT2D eigenvalue weighted by Gasteiger charge is -2.02. The standard InChI is InChI=1S/C12H13N3O2S.BrH/c1-17-11(16)10-7-4-2-3-5-8(7)15-9(10)6-18-12(13)14;/h2-5,15H,6H2,1H3,(H3,13,14);1H. The van der Waals surface area contributed by atoms with Crippen LogP contribution in [0.3, 0.4) is 0 Å². The molecular formula is C12H14BrN3O2S. The van der Waals surface area contributed by atoms with E-state index in [0.717, 1.165) is 28.4 Å². The van der Waals surface area contributed by atoms with E-state index >= 15 is 0 Å². The number of ether oxygens (including phenoxy) is 1. The number of rotatable bonds is 3. The SMILES string of the molecule is Br.COC(=O)c1c(CSC(=N)N)[nH]c2ccccc12. The number of fused-ring (bicyclic) bond motifs is 1. The van der Waals surface area contributed by atoms with E-state index in [1.54, 1.807) is 0 Å². The zero-order chi connectivity index (χ0) is 13.1. The first-order chi connectivity index (χ1) is 8.63. The number of benzene rings is 1. The Labute approximate surface area is 125 Å². The van der Waals surface area contributed by atoms with Crippen molar-refractivity contribution in [3.63, 3.8) is 0 Å². The van der Waals surface area contributed by atoms with Crippen LogP contribution in [0.2, 0.25) is 0 Å². The fourth-order valence-corrected chi connectivity index (χ4v) is 2.31. The topological polar surface area (TPSA) is 92.0 Å². The number of para-hydroxylation sites is 1. The lowest BCUT2D eigenvalue weighted by Crippen LogP contribution is -2.07. The highest BCUT2D eigenvalue weighted by Crippen LogP contribution is 2.25. The highest BCUT2D eigenvalue weighted by molar-refractivity contribution is 8.93. The van der Waals surface area contributed by atoms with E-state index in [9.17, 15) is 4.79 Å². The van der Waals surface area contributed by atoms with Crippen LogP contribution in [0.5, 0.6) is 0 Å². The van der Waals surface area contributed by atoms with Gasteiger partial charge in [0.25, 0.3) is 0 Å². The lowest BCUT2D eigenvalue weighted by atomic mass is 10.1. The van der Waals surface area contributed by atoms with Gasteiger partial charge in [0.2, 0.25) is 0 Å². The smallest absolute Gasteiger partial charge is 0.340 e. The molecule has 19 heavy (non-hydrogen) atoms. The second-order valence-electron chi connectivity index (χ2n) is 3.67. The molecule has 0 aliphatic rings. The summed E-state index contributed by atoms with van der Waals surface area (Å²) in [6.45, 7) is 0. The zero-order valence-electron chi connectivity index (χ0n) is 10.2. The monoisotopic (exact) mass is 343 g/mol. The van der Waals surface area contributed by atoms with Gasteiger partial charge < -0.3 is 15.5 Å². The van der Waals surface area contributed by atoms with Crippen LogP contribution in [0.15, 0.2) is 24.3 Å². The van der Waals surface area contributed by atoms with Gasteiger partial charge in [-0.15, -0.1) is 17.0 Å². The van der Waals surface area contributed by atoms with Crippen molar-refractivity contribution in [1.82, 2.24) is 4.98 Å². The molecule has 7 heteroatoms. The van der Waals surface area contributed by atoms with E-state index in [4.69, 9.17) is 15.9 Å². The number of esters is 1. The van der Waals surface area contributed by atoms with E-state index < -0.39 is 0 Å². The van der Waals surface area contributed by atoms with E-state index in [2.05, 4.69) is 4.98 Å². The second-order valence-corrected chi connectivity index (χ2v) is 4.69. The molecule has 1 heterocycles. The molecule has 5 nitrogen and oxygen atoms in total. The lowest BCUT2D eigenvalue weighted by molar-refractivity contribution is 0.0602. The number of carbonyl (C=O) groups is 1. The highest BCUT2D eigenvalue weighted by atomic mass is 79.9. The minimum absolute atomic E-state index is 0. The molecule has 0 radical (unpaired) electrons. The van der Waals surface area contributed by atoms with Gasteiger partial charge in [0, 0.05) is 22.3 Å². The summed E-state index contributed by atoms with van der Waals surface area (Å²) in [4.78, 5) is 15.0. The molecule has 0 amide bonds. The summed E-state index contributed by atoms with van der Waals surface area (Å²) in [7, 11) is 1.35. The van der Waals surface area contributed by atoms with Crippen LogP contribution in [0.25, 0.3) is 10.9 Å². The Morgan fingerprint density at radius 2 is 2.16 bits per heavy atom. The number of aromatic amines is 1. The quantitative estimate of drug-likeness (QED) is 0.453. The van der Waals surface area contributed by atoms with Crippen molar-refractivity contribution in [3.8, 4) is 0 Å². The molecule has 0 aliphatic carbocycles. The average Bonchev–Trinajstić information content (AvgIpc) is 2.73. The van der Waals surface area contributed by atoms with Crippen LogP contribution < -0.4 is 5.73 Å². The molecule has 4 N–H and O–H groups in total. The molecule has 0 saturated heterocycles. The van der Waals surface area contributed by atoms with Crippen molar-refractivity contribution in [1.29, 1.82) is 5.41 Å². The average molecular weight is 344 g/mol. The van der Waals surface area contributed by atoms with Crippen molar-refractivity contribution >= 4 is 50.8 Å². The van der Waals surface area contributed by atoms with Gasteiger partial charge in [0.1, 0.15) is 0 Å². The summed E-state index contributed by atoms with van der Waals surface area (Å²) in [6, 6.07) is 7.51. The van der Waals surface area contributed by atoms with Gasteiger partial charge in [-0.1, -0.05) is 30.0 Å². The van der Waals surface area contributed by atoms with Crippen molar-refractivity contribution in [3.05, 3.63) is 35.5 Å². The molecular weight excluding hydrogens is 330 g/mol. The normalized spacial score (nSPS) is 9.95. The number of aromatic nitrogens is 1. The molecule has 1 aromatic carbocycles. The molecule has 0 unspecified atom stereocenters. The Bertz CT molecular complexity index is 612. The highest BCUT2D eigenvalue weighted by Gasteiger charge is 2.18. The summed E-state index contributed by atoms with van der Waals surface area (Å²) >= 11 is 1.16. The summed E-state index contributed by atoms with van der Waals surface area (Å²) in [5.74, 6) is 0.0562. The number of halogens is 1. The van der Waals surface area contributed by atoms with E-state index in [-0.39, 0.29) is 28.1 Å². The maximum absolute atomic E-state index is 11.8. The summed E-state index contributed by atoms with van der Waals surface area (Å²) < 4.78 is 4.80. The molecule has 0 spiro atoms. The van der Waals surface area contributed by atoms with Crippen molar-refractivity contribution in [2.24, 2.45) is 5.73 Å². The fraction of sp³-hybridized carbons (Fsp3) is 0.167. The number of hydrogen-bond donors (Lipinski definition) is 3. The Morgan fingerprint density at radius 1 is 1.47 bits per heavy atom. The maximum Gasteiger partial charge on any atom is 0.340 e. The van der Waals surface area contributed by atoms with E-state index in [0.29, 0.717) is 11.3 Å². The number of nitrogens with two attached hydrogens (primary N) is 1. The number of amidine groups is 1. The van der Waals surface area contributed by atoms with E-state index in [1.807, 2.05) is 24.3 Å². The van der Waals surface area contributed by atoms with Crippen LogP contribution >= 0.6 is 28.7 Å². The van der Waals surface area contributed by atoms with Crippen LogP contribution in [0, 0.1) is 5.41 Å². The fourth-order valence-electron chi connectivity index (χ4n) is 1.79. The molecule has 0 atom stereocenters. The van der Waals surface area contributed by atoms with Crippen molar-refractivity contribution in [2.45, 2.75) is 5.75 Å². The Morgan fingerprint density at radius 3 is 2.79 bits per heavy atom. The third-order valence-electron chi connectivity index (χ3n) is 2.55. The minimum atomic E-state index is -0.383. The minimum Gasteiger partial charge on any atom is -0.465 e. The van der Waals surface area contributed by atoms with Crippen LogP contribution in [-0.4, -0.2) is 23.2 Å². The van der Waals surface area contributed by atoms with Gasteiger partial charge in [-0.3, -0.25) is 5.41 Å². The van der Waals surface area contributed by atoms with E-state index in [1.165, 1.54) is 7.11 Å². The molecule has 102 valence electrons. The number of nitrogens with one attached hydrogen (secondary N) is 2. The molecule has 2 aromatic rings. The summed E-state index contributed by atoms with van der Waals surface area (Å²) in [6.07, 6.45) is 0. The molecule has 0 fully saturated rings. The number of H-pyrrole nitrogens is 1. The van der Waals surface area contributed by atoms with Gasteiger partial charge in [-0.05, 0) is 6.07 Å². The summed E-state index contributed by atoms with van der Waals surface area (Å²) in [5.41, 5.74) is 7.42. The Hall–Kier alpha value is -1.47.